The van der Waals surface area contributed by atoms with Crippen LogP contribution in [0.15, 0.2) is 18.2 Å². The Morgan fingerprint density at radius 1 is 1.23 bits per heavy atom. The maximum atomic E-state index is 11.7. The fourth-order valence-corrected chi connectivity index (χ4v) is 2.68. The van der Waals surface area contributed by atoms with Gasteiger partial charge in [0.15, 0.2) is 11.7 Å². The van der Waals surface area contributed by atoms with Crippen LogP contribution < -0.4 is 20.9 Å². The molecular weight excluding hydrogens is 298 g/mol. The monoisotopic (exact) mass is 321 g/mol. The second-order valence-electron chi connectivity index (χ2n) is 6.45. The number of hydrogen-bond donors (Lipinski definition) is 3. The van der Waals surface area contributed by atoms with Crippen LogP contribution in [0.1, 0.15) is 38.3 Å². The standard InChI is InChI=1S/C16H23N3O2S/c1-16(2,3)17-15(22)19-18-14(20)10-21-13-8-7-11-5-4-6-12(11)9-13/h7-9H,4-6,10H2,1-3H3,(H,18,20)(H2,17,19,22). The van der Waals surface area contributed by atoms with E-state index in [2.05, 4.69) is 22.2 Å². The van der Waals surface area contributed by atoms with Crippen molar-refractivity contribution in [3.63, 3.8) is 0 Å². The Labute approximate surface area is 136 Å². The number of hydrazine groups is 1. The molecule has 0 radical (unpaired) electrons. The minimum atomic E-state index is -0.279. The Bertz CT molecular complexity index is 567. The van der Waals surface area contributed by atoms with Crippen molar-refractivity contribution in [1.82, 2.24) is 16.2 Å². The van der Waals surface area contributed by atoms with Gasteiger partial charge in [0.1, 0.15) is 5.75 Å². The largest absolute Gasteiger partial charge is 0.484 e. The van der Waals surface area contributed by atoms with E-state index < -0.39 is 0 Å². The van der Waals surface area contributed by atoms with E-state index in [1.54, 1.807) is 0 Å². The summed E-state index contributed by atoms with van der Waals surface area (Å²) >= 11 is 5.07. The second-order valence-corrected chi connectivity index (χ2v) is 6.86. The highest BCUT2D eigenvalue weighted by atomic mass is 32.1. The van der Waals surface area contributed by atoms with E-state index in [0.717, 1.165) is 18.6 Å². The molecule has 0 heterocycles. The molecule has 0 bridgehead atoms. The molecule has 3 N–H and O–H groups in total. The molecule has 0 spiro atoms. The zero-order valence-electron chi connectivity index (χ0n) is 13.3. The van der Waals surface area contributed by atoms with Gasteiger partial charge in [0.2, 0.25) is 0 Å². The number of aryl methyl sites for hydroxylation is 2. The first-order chi connectivity index (χ1) is 10.3. The number of carbonyl (C=O) groups excluding carboxylic acids is 1. The Hall–Kier alpha value is -1.82. The lowest BCUT2D eigenvalue weighted by Gasteiger charge is -2.23. The van der Waals surface area contributed by atoms with Gasteiger partial charge in [-0.25, -0.2) is 0 Å². The highest BCUT2D eigenvalue weighted by Crippen LogP contribution is 2.25. The summed E-state index contributed by atoms with van der Waals surface area (Å²) in [7, 11) is 0. The highest BCUT2D eigenvalue weighted by Gasteiger charge is 2.13. The molecule has 120 valence electrons. The van der Waals surface area contributed by atoms with Crippen LogP contribution in [-0.4, -0.2) is 23.2 Å². The van der Waals surface area contributed by atoms with Crippen molar-refractivity contribution in [1.29, 1.82) is 0 Å². The Kier molecular flexibility index (Phi) is 5.24. The molecule has 5 nitrogen and oxygen atoms in total. The first-order valence-corrected chi connectivity index (χ1v) is 7.86. The SMILES string of the molecule is CC(C)(C)NC(=S)NNC(=O)COc1ccc2c(c1)CCC2. The molecule has 6 heteroatoms. The zero-order chi connectivity index (χ0) is 16.2. The summed E-state index contributed by atoms with van der Waals surface area (Å²) in [6.07, 6.45) is 3.42. The van der Waals surface area contributed by atoms with Crippen molar-refractivity contribution < 1.29 is 9.53 Å². The predicted octanol–water partition coefficient (Wildman–Crippen LogP) is 1.85. The summed E-state index contributed by atoms with van der Waals surface area (Å²) in [6.45, 7) is 5.91. The van der Waals surface area contributed by atoms with Gasteiger partial charge in [-0.1, -0.05) is 6.07 Å². The van der Waals surface area contributed by atoms with Crippen molar-refractivity contribution in [2.75, 3.05) is 6.61 Å². The van der Waals surface area contributed by atoms with Gasteiger partial charge in [-0.2, -0.15) is 0 Å². The molecule has 1 amide bonds. The molecule has 1 aromatic carbocycles. The van der Waals surface area contributed by atoms with Crippen molar-refractivity contribution in [2.45, 2.75) is 45.6 Å². The summed E-state index contributed by atoms with van der Waals surface area (Å²) in [4.78, 5) is 11.7. The van der Waals surface area contributed by atoms with Crippen molar-refractivity contribution in [2.24, 2.45) is 0 Å². The maximum absolute atomic E-state index is 11.7. The molecule has 0 saturated carbocycles. The summed E-state index contributed by atoms with van der Waals surface area (Å²) in [5.74, 6) is 0.449. The molecule has 0 unspecified atom stereocenters. The van der Waals surface area contributed by atoms with Crippen LogP contribution in [0.4, 0.5) is 0 Å². The van der Waals surface area contributed by atoms with E-state index >= 15 is 0 Å². The second kappa shape index (κ2) is 6.96. The first kappa shape index (κ1) is 16.5. The summed E-state index contributed by atoms with van der Waals surface area (Å²) < 4.78 is 5.51. The van der Waals surface area contributed by atoms with Crippen molar-refractivity contribution >= 4 is 23.2 Å². The first-order valence-electron chi connectivity index (χ1n) is 7.45. The fourth-order valence-electron chi connectivity index (χ4n) is 2.32. The van der Waals surface area contributed by atoms with Crippen LogP contribution in [0.25, 0.3) is 0 Å². The van der Waals surface area contributed by atoms with Crippen molar-refractivity contribution in [3.05, 3.63) is 29.3 Å². The number of hydrogen-bond acceptors (Lipinski definition) is 3. The van der Waals surface area contributed by atoms with E-state index in [1.807, 2.05) is 32.9 Å². The van der Waals surface area contributed by atoms with E-state index in [4.69, 9.17) is 17.0 Å². The normalized spacial score (nSPS) is 13.2. The van der Waals surface area contributed by atoms with Gasteiger partial charge >= 0.3 is 0 Å². The van der Waals surface area contributed by atoms with E-state index in [-0.39, 0.29) is 18.1 Å². The average molecular weight is 321 g/mol. The van der Waals surface area contributed by atoms with Gasteiger partial charge < -0.3 is 10.1 Å². The third-order valence-electron chi connectivity index (χ3n) is 3.24. The predicted molar refractivity (Wildman–Crippen MR) is 90.7 cm³/mol. The molecule has 0 aliphatic heterocycles. The van der Waals surface area contributed by atoms with E-state index in [1.165, 1.54) is 17.5 Å². The van der Waals surface area contributed by atoms with Crippen molar-refractivity contribution in [3.8, 4) is 5.75 Å². The lowest BCUT2D eigenvalue weighted by molar-refractivity contribution is -0.123. The number of nitrogens with one attached hydrogen (secondary N) is 3. The number of ether oxygens (including phenoxy) is 1. The third kappa shape index (κ3) is 5.18. The Morgan fingerprint density at radius 2 is 1.95 bits per heavy atom. The maximum Gasteiger partial charge on any atom is 0.276 e. The van der Waals surface area contributed by atoms with Crippen LogP contribution in [-0.2, 0) is 17.6 Å². The molecule has 22 heavy (non-hydrogen) atoms. The minimum absolute atomic E-state index is 0.0517. The lowest BCUT2D eigenvalue weighted by atomic mass is 10.1. The molecule has 2 rings (SSSR count). The highest BCUT2D eigenvalue weighted by molar-refractivity contribution is 7.80. The molecule has 1 aliphatic carbocycles. The summed E-state index contributed by atoms with van der Waals surface area (Å²) in [6, 6.07) is 6.02. The van der Waals surface area contributed by atoms with Gasteiger partial charge in [-0.3, -0.25) is 15.6 Å². The lowest BCUT2D eigenvalue weighted by Crippen LogP contribution is -2.52. The number of amides is 1. The van der Waals surface area contributed by atoms with E-state index in [9.17, 15) is 4.79 Å². The van der Waals surface area contributed by atoms with E-state index in [0.29, 0.717) is 5.11 Å². The minimum Gasteiger partial charge on any atom is -0.484 e. The molecule has 0 fully saturated rings. The molecule has 1 aliphatic rings. The molecule has 1 aromatic rings. The summed E-state index contributed by atoms with van der Waals surface area (Å²) in [5, 5.41) is 3.41. The van der Waals surface area contributed by atoms with Gasteiger partial charge in [-0.05, 0) is 75.5 Å². The van der Waals surface area contributed by atoms with Gasteiger partial charge in [0.05, 0.1) is 0 Å². The van der Waals surface area contributed by atoms with Crippen LogP contribution >= 0.6 is 12.2 Å². The number of carbonyl (C=O) groups is 1. The smallest absolute Gasteiger partial charge is 0.276 e. The van der Waals surface area contributed by atoms with Crippen LogP contribution in [0.5, 0.6) is 5.75 Å². The summed E-state index contributed by atoms with van der Waals surface area (Å²) in [5.41, 5.74) is 7.72. The molecular formula is C16H23N3O2S. The van der Waals surface area contributed by atoms with Gasteiger partial charge in [-0.15, -0.1) is 0 Å². The number of fused-ring (bicyclic) bond motifs is 1. The topological polar surface area (TPSA) is 62.4 Å². The van der Waals surface area contributed by atoms with Gasteiger partial charge in [0, 0.05) is 5.54 Å². The third-order valence-corrected chi connectivity index (χ3v) is 3.45. The van der Waals surface area contributed by atoms with Crippen LogP contribution in [0, 0.1) is 0 Å². The Balaban J connectivity index is 1.73. The fraction of sp³-hybridized carbons (Fsp3) is 0.500. The molecule has 0 atom stereocenters. The average Bonchev–Trinajstić information content (AvgIpc) is 2.88. The van der Waals surface area contributed by atoms with Crippen LogP contribution in [0.2, 0.25) is 0 Å². The quantitative estimate of drug-likeness (QED) is 0.586. The Morgan fingerprint density at radius 3 is 2.68 bits per heavy atom. The number of rotatable bonds is 3. The molecule has 0 aromatic heterocycles. The molecule has 0 saturated heterocycles. The number of benzene rings is 1. The number of thiocarbonyl (C=S) groups is 1. The zero-order valence-corrected chi connectivity index (χ0v) is 14.1. The van der Waals surface area contributed by atoms with Crippen LogP contribution in [0.3, 0.4) is 0 Å². The van der Waals surface area contributed by atoms with Gasteiger partial charge in [0.25, 0.3) is 5.91 Å².